The lowest BCUT2D eigenvalue weighted by atomic mass is 9.90. The monoisotopic (exact) mass is 702 g/mol. The lowest BCUT2D eigenvalue weighted by Gasteiger charge is -2.45. The average molecular weight is 703 g/mol. The summed E-state index contributed by atoms with van der Waals surface area (Å²) in [6.07, 6.45) is -7.50. The van der Waals surface area contributed by atoms with Crippen LogP contribution in [-0.4, -0.2) is 56.4 Å². The van der Waals surface area contributed by atoms with Crippen LogP contribution in [0.25, 0.3) is 10.4 Å². The highest BCUT2D eigenvalue weighted by molar-refractivity contribution is 5.84. The minimum absolute atomic E-state index is 0.0382. The summed E-state index contributed by atoms with van der Waals surface area (Å²) in [4.78, 5) is 6.59. The summed E-state index contributed by atoms with van der Waals surface area (Å²) < 4.78 is 74.0. The van der Waals surface area contributed by atoms with Crippen molar-refractivity contribution in [1.29, 1.82) is 0 Å². The number of nitrogens with zero attached hydrogens (tertiary/aromatic N) is 4. The molecule has 0 saturated carbocycles. The van der Waals surface area contributed by atoms with Crippen LogP contribution in [0.15, 0.2) is 125 Å². The molecule has 51 heavy (non-hydrogen) atoms. The molecule has 0 spiro atoms. The number of rotatable bonds is 16. The third-order valence-corrected chi connectivity index (χ3v) is 8.41. The minimum atomic E-state index is -4.91. The van der Waals surface area contributed by atoms with Gasteiger partial charge in [0.05, 0.1) is 38.2 Å². The zero-order valence-corrected chi connectivity index (χ0v) is 28.3. The summed E-state index contributed by atoms with van der Waals surface area (Å²) in [5.41, 5.74) is 12.5. The van der Waals surface area contributed by atoms with Crippen molar-refractivity contribution in [3.8, 4) is 0 Å². The topological polar surface area (TPSA) is 107 Å². The molecule has 5 atom stereocenters. The van der Waals surface area contributed by atoms with Gasteiger partial charge in [-0.1, -0.05) is 115 Å². The van der Waals surface area contributed by atoms with Gasteiger partial charge in [-0.25, -0.2) is 4.99 Å². The molecule has 0 bridgehead atoms. The SMILES string of the molecule is C[C@@H]1C(OCc2ccccc2)[C@H](O/C(=N/c2ccccc2)C(F)(F)F)OC(COCCc2ccc(CCN=[N+]=[N-])cc2)[C@@H]1OCc1ccccc1. The summed E-state index contributed by atoms with van der Waals surface area (Å²) in [6.45, 7) is 2.99. The van der Waals surface area contributed by atoms with Gasteiger partial charge in [0.25, 0.3) is 5.90 Å². The van der Waals surface area contributed by atoms with E-state index in [2.05, 4.69) is 15.0 Å². The highest BCUT2D eigenvalue weighted by atomic mass is 19.4. The summed E-state index contributed by atoms with van der Waals surface area (Å²) in [6, 6.07) is 34.7. The van der Waals surface area contributed by atoms with Gasteiger partial charge in [-0.05, 0) is 52.8 Å². The first-order valence-electron chi connectivity index (χ1n) is 16.8. The first-order valence-corrected chi connectivity index (χ1v) is 16.8. The summed E-state index contributed by atoms with van der Waals surface area (Å²) >= 11 is 0. The fourth-order valence-electron chi connectivity index (χ4n) is 5.72. The molecule has 1 heterocycles. The van der Waals surface area contributed by atoms with Gasteiger partial charge in [0.15, 0.2) is 0 Å². The van der Waals surface area contributed by atoms with E-state index in [1.165, 1.54) is 12.1 Å². The lowest BCUT2D eigenvalue weighted by Crippen LogP contribution is -2.58. The van der Waals surface area contributed by atoms with Gasteiger partial charge < -0.3 is 23.7 Å². The molecule has 4 aromatic carbocycles. The Hall–Kier alpha value is -4.71. The van der Waals surface area contributed by atoms with Crippen LogP contribution in [0.1, 0.15) is 29.2 Å². The molecule has 2 unspecified atom stereocenters. The average Bonchev–Trinajstić information content (AvgIpc) is 3.14. The fraction of sp³-hybridized carbons (Fsp3) is 0.359. The molecule has 0 amide bonds. The maximum atomic E-state index is 14.4. The quantitative estimate of drug-likeness (QED) is 0.0289. The Bertz CT molecular complexity index is 1690. The van der Waals surface area contributed by atoms with Crippen LogP contribution < -0.4 is 0 Å². The zero-order valence-electron chi connectivity index (χ0n) is 28.3. The number of hydrogen-bond acceptors (Lipinski definition) is 7. The number of aliphatic imine (C=N–C) groups is 1. The molecule has 12 heteroatoms. The van der Waals surface area contributed by atoms with Crippen LogP contribution in [0.3, 0.4) is 0 Å². The predicted molar refractivity (Wildman–Crippen MR) is 187 cm³/mol. The minimum Gasteiger partial charge on any atom is -0.441 e. The molecular formula is C39H41F3N4O5. The molecule has 1 aliphatic rings. The maximum absolute atomic E-state index is 14.4. The van der Waals surface area contributed by atoms with Crippen molar-refractivity contribution in [3.63, 3.8) is 0 Å². The number of alkyl halides is 3. The molecule has 0 aromatic heterocycles. The van der Waals surface area contributed by atoms with Gasteiger partial charge in [-0.3, -0.25) is 0 Å². The van der Waals surface area contributed by atoms with Crippen LogP contribution in [0.2, 0.25) is 0 Å². The molecule has 0 aliphatic carbocycles. The van der Waals surface area contributed by atoms with E-state index in [1.807, 2.05) is 91.9 Å². The van der Waals surface area contributed by atoms with Crippen LogP contribution in [-0.2, 0) is 49.7 Å². The van der Waals surface area contributed by atoms with Gasteiger partial charge in [0.1, 0.15) is 12.2 Å². The molecular weight excluding hydrogens is 661 g/mol. The third kappa shape index (κ3) is 11.7. The van der Waals surface area contributed by atoms with Crippen LogP contribution >= 0.6 is 0 Å². The van der Waals surface area contributed by atoms with Crippen molar-refractivity contribution in [2.45, 2.75) is 63.8 Å². The molecule has 4 aromatic rings. The molecule has 268 valence electrons. The number of benzene rings is 4. The molecule has 0 radical (unpaired) electrons. The van der Waals surface area contributed by atoms with Gasteiger partial charge in [0.2, 0.25) is 6.29 Å². The van der Waals surface area contributed by atoms with Gasteiger partial charge in [-0.15, -0.1) is 0 Å². The predicted octanol–water partition coefficient (Wildman–Crippen LogP) is 8.94. The standard InChI is InChI=1S/C39H41F3N4O5/c1-28-35(48-25-31-11-5-2-6-12-31)34(27-47-24-22-30-19-17-29(18-20-30)21-23-44-46-43)50-37(36(28)49-26-32-13-7-3-8-14-32)51-38(39(40,41)42)45-33-15-9-4-10-16-33/h2-20,28,34-37H,21-27H2,1H3/b45-38+/t28-,34?,35+,36?,37-/m0/s1. The molecule has 1 aliphatic heterocycles. The number of hydrogen-bond donors (Lipinski definition) is 0. The van der Waals surface area contributed by atoms with Crippen molar-refractivity contribution in [1.82, 2.24) is 0 Å². The Morgan fingerprint density at radius 2 is 1.29 bits per heavy atom. The zero-order chi connectivity index (χ0) is 35.9. The first-order chi connectivity index (χ1) is 24.8. The van der Waals surface area contributed by atoms with E-state index in [0.717, 1.165) is 22.3 Å². The second-order valence-electron chi connectivity index (χ2n) is 12.1. The van der Waals surface area contributed by atoms with Crippen LogP contribution in [0.5, 0.6) is 0 Å². The number of halogens is 3. The van der Waals surface area contributed by atoms with E-state index in [-0.39, 0.29) is 25.5 Å². The second-order valence-corrected chi connectivity index (χ2v) is 12.1. The number of azide groups is 1. The van der Waals surface area contributed by atoms with E-state index in [4.69, 9.17) is 29.2 Å². The normalized spacial score (nSPS) is 20.8. The van der Waals surface area contributed by atoms with Crippen LogP contribution in [0, 0.1) is 5.92 Å². The second kappa shape index (κ2) is 19.1. The molecule has 0 N–H and O–H groups in total. The summed E-state index contributed by atoms with van der Waals surface area (Å²) in [7, 11) is 0. The van der Waals surface area contributed by atoms with Crippen molar-refractivity contribution < 1.29 is 36.9 Å². The first kappa shape index (κ1) is 37.5. The fourth-order valence-corrected chi connectivity index (χ4v) is 5.72. The Labute approximate surface area is 295 Å². The van der Waals surface area contributed by atoms with E-state index in [9.17, 15) is 13.2 Å². The summed E-state index contributed by atoms with van der Waals surface area (Å²) in [5.74, 6) is -1.92. The number of para-hydroxylation sites is 1. The highest BCUT2D eigenvalue weighted by Crippen LogP contribution is 2.35. The highest BCUT2D eigenvalue weighted by Gasteiger charge is 2.49. The Kier molecular flexibility index (Phi) is 14.0. The third-order valence-electron chi connectivity index (χ3n) is 8.41. The smallest absolute Gasteiger partial charge is 0.441 e. The van der Waals surface area contributed by atoms with Crippen LogP contribution in [0.4, 0.5) is 18.9 Å². The van der Waals surface area contributed by atoms with Crippen molar-refractivity contribution >= 4 is 11.6 Å². The Morgan fingerprint density at radius 1 is 0.745 bits per heavy atom. The summed E-state index contributed by atoms with van der Waals surface area (Å²) in [5, 5.41) is 3.58. The van der Waals surface area contributed by atoms with Gasteiger partial charge >= 0.3 is 6.18 Å². The largest absolute Gasteiger partial charge is 0.468 e. The molecule has 1 fully saturated rings. The van der Waals surface area contributed by atoms with Crippen molar-refractivity contribution in [2.75, 3.05) is 19.8 Å². The van der Waals surface area contributed by atoms with E-state index in [1.54, 1.807) is 18.2 Å². The van der Waals surface area contributed by atoms with Gasteiger partial charge in [0, 0.05) is 17.4 Å². The van der Waals surface area contributed by atoms with Crippen molar-refractivity contribution in [3.05, 3.63) is 148 Å². The number of ether oxygens (including phenoxy) is 5. The van der Waals surface area contributed by atoms with Gasteiger partial charge in [-0.2, -0.15) is 13.2 Å². The Morgan fingerprint density at radius 3 is 1.86 bits per heavy atom. The molecule has 1 saturated heterocycles. The lowest BCUT2D eigenvalue weighted by molar-refractivity contribution is -0.293. The maximum Gasteiger partial charge on any atom is 0.468 e. The van der Waals surface area contributed by atoms with E-state index >= 15 is 0 Å². The van der Waals surface area contributed by atoms with E-state index in [0.29, 0.717) is 26.0 Å². The van der Waals surface area contributed by atoms with E-state index < -0.39 is 42.6 Å². The molecule has 5 rings (SSSR count). The van der Waals surface area contributed by atoms with Crippen molar-refractivity contribution in [2.24, 2.45) is 16.0 Å². The Balaban J connectivity index is 1.35. The molecule has 9 nitrogen and oxygen atoms in total.